The number of hydrogen-bond acceptors (Lipinski definition) is 0. The zero-order chi connectivity index (χ0) is 21.8. The average Bonchev–Trinajstić information content (AvgIpc) is 3.16. The molecule has 0 aliphatic rings. The van der Waals surface area contributed by atoms with Gasteiger partial charge in [0.05, 0.1) is 16.5 Å². The monoisotopic (exact) mass is 417 g/mol. The first-order chi connectivity index (χ1) is 16.4. The zero-order valence-corrected chi connectivity index (χ0v) is 18.1. The molecular formula is C33H21+. The summed E-state index contributed by atoms with van der Waals surface area (Å²) in [5.74, 6) is 0. The Hall–Kier alpha value is -4.29. The number of rotatable bonds is 2. The van der Waals surface area contributed by atoms with Crippen LogP contribution in [-0.4, -0.2) is 0 Å². The third-order valence-electron chi connectivity index (χ3n) is 6.87. The second-order valence-corrected chi connectivity index (χ2v) is 8.78. The van der Waals surface area contributed by atoms with Gasteiger partial charge in [-0.2, -0.15) is 0 Å². The molecule has 0 atom stereocenters. The minimum Gasteiger partial charge on any atom is -0.0610 e. The van der Waals surface area contributed by atoms with Gasteiger partial charge >= 0.3 is 0 Å². The quantitative estimate of drug-likeness (QED) is 0.194. The van der Waals surface area contributed by atoms with Crippen molar-refractivity contribution in [1.82, 2.24) is 0 Å². The van der Waals surface area contributed by atoms with Gasteiger partial charge in [-0.1, -0.05) is 48.5 Å². The standard InChI is InChI=1S/C33H21/c1-2-4-9-22(8-3-1)29-14-6-12-23-13-7-15-30(33(23)29)28-20-26-18-16-24-10-5-11-25-17-19-27(21-28)32(26)31(24)25/h1-21H/q+1. The fraction of sp³-hybridized carbons (Fsp3) is 0. The molecule has 0 heterocycles. The molecule has 0 amide bonds. The van der Waals surface area contributed by atoms with Crippen molar-refractivity contribution in [1.29, 1.82) is 0 Å². The van der Waals surface area contributed by atoms with Gasteiger partial charge in [-0.25, -0.2) is 0 Å². The molecular weight excluding hydrogens is 396 g/mol. The van der Waals surface area contributed by atoms with E-state index in [4.69, 9.17) is 0 Å². The highest BCUT2D eigenvalue weighted by atomic mass is 14.2. The Balaban J connectivity index is 1.57. The molecule has 0 saturated heterocycles. The van der Waals surface area contributed by atoms with Crippen LogP contribution in [0.5, 0.6) is 0 Å². The molecule has 0 aliphatic carbocycles. The Kier molecular flexibility index (Phi) is 3.95. The molecule has 33 heavy (non-hydrogen) atoms. The van der Waals surface area contributed by atoms with Gasteiger partial charge in [0.1, 0.15) is 0 Å². The molecule has 152 valence electrons. The molecule has 0 N–H and O–H groups in total. The third-order valence-corrected chi connectivity index (χ3v) is 6.87. The lowest BCUT2D eigenvalue weighted by molar-refractivity contribution is 1.67. The molecule has 0 spiro atoms. The molecule has 0 nitrogen and oxygen atoms in total. The van der Waals surface area contributed by atoms with Crippen LogP contribution in [0.1, 0.15) is 0 Å². The molecule has 0 aliphatic heterocycles. The molecule has 0 unspecified atom stereocenters. The summed E-state index contributed by atoms with van der Waals surface area (Å²) in [6.07, 6.45) is 0. The van der Waals surface area contributed by atoms with E-state index < -0.39 is 0 Å². The van der Waals surface area contributed by atoms with Crippen molar-refractivity contribution < 1.29 is 0 Å². The van der Waals surface area contributed by atoms with Crippen molar-refractivity contribution in [2.24, 2.45) is 0 Å². The summed E-state index contributed by atoms with van der Waals surface area (Å²) >= 11 is 0. The highest BCUT2D eigenvalue weighted by Crippen LogP contribution is 2.41. The van der Waals surface area contributed by atoms with E-state index in [-0.39, 0.29) is 0 Å². The van der Waals surface area contributed by atoms with Crippen molar-refractivity contribution in [2.45, 2.75) is 0 Å². The first-order valence-electron chi connectivity index (χ1n) is 11.5. The van der Waals surface area contributed by atoms with Gasteiger partial charge in [-0.3, -0.25) is 0 Å². The second-order valence-electron chi connectivity index (χ2n) is 8.78. The van der Waals surface area contributed by atoms with Crippen LogP contribution in [0.4, 0.5) is 0 Å². The second kappa shape index (κ2) is 7.12. The fourth-order valence-electron chi connectivity index (χ4n) is 5.41. The summed E-state index contributed by atoms with van der Waals surface area (Å²) in [5.41, 5.74) is 5.04. The minimum atomic E-state index is 1.23. The van der Waals surface area contributed by atoms with Crippen LogP contribution in [0.15, 0.2) is 127 Å². The molecule has 0 saturated carbocycles. The SMILES string of the molecule is c1ccc[c+](-c2cccc3cccc(-c4cc5ccc6cccc7ccc(c4)c5c67)c23)cc1. The normalized spacial score (nSPS) is 11.6. The van der Waals surface area contributed by atoms with Crippen molar-refractivity contribution in [3.8, 4) is 22.3 Å². The lowest BCUT2D eigenvalue weighted by Crippen LogP contribution is -1.88. The smallest absolute Gasteiger partial charge is 0.0610 e. The number of fused-ring (bicyclic) bond motifs is 1. The van der Waals surface area contributed by atoms with E-state index in [1.54, 1.807) is 0 Å². The molecule has 0 fully saturated rings. The summed E-state index contributed by atoms with van der Waals surface area (Å²) in [7, 11) is 0. The van der Waals surface area contributed by atoms with E-state index >= 15 is 0 Å². The van der Waals surface area contributed by atoms with Gasteiger partial charge in [0, 0.05) is 29.1 Å². The molecule has 7 rings (SSSR count). The average molecular weight is 418 g/mol. The van der Waals surface area contributed by atoms with Gasteiger partial charge in [0.15, 0.2) is 0 Å². The summed E-state index contributed by atoms with van der Waals surface area (Å²) < 4.78 is 0. The van der Waals surface area contributed by atoms with Crippen molar-refractivity contribution in [3.05, 3.63) is 127 Å². The van der Waals surface area contributed by atoms with E-state index in [1.165, 1.54) is 65.3 Å². The predicted octanol–water partition coefficient (Wildman–Crippen LogP) is 9.35. The molecule has 7 aromatic carbocycles. The zero-order valence-electron chi connectivity index (χ0n) is 18.1. The van der Waals surface area contributed by atoms with Crippen LogP contribution in [0.25, 0.3) is 65.3 Å². The summed E-state index contributed by atoms with van der Waals surface area (Å²) in [6.45, 7) is 0. The summed E-state index contributed by atoms with van der Waals surface area (Å²) in [4.78, 5) is 0. The van der Waals surface area contributed by atoms with Crippen molar-refractivity contribution >= 4 is 43.1 Å². The predicted molar refractivity (Wildman–Crippen MR) is 143 cm³/mol. The van der Waals surface area contributed by atoms with E-state index in [1.807, 2.05) is 0 Å². The van der Waals surface area contributed by atoms with Crippen molar-refractivity contribution in [2.75, 3.05) is 0 Å². The topological polar surface area (TPSA) is 0 Å². The Morgan fingerprint density at radius 1 is 0.394 bits per heavy atom. The van der Waals surface area contributed by atoms with Crippen LogP contribution < -0.4 is 0 Å². The maximum atomic E-state index is 2.37. The fourth-order valence-corrected chi connectivity index (χ4v) is 5.41. The first-order valence-corrected chi connectivity index (χ1v) is 11.5. The lowest BCUT2D eigenvalue weighted by atomic mass is 9.88. The Morgan fingerprint density at radius 2 is 0.909 bits per heavy atom. The van der Waals surface area contributed by atoms with Crippen LogP contribution >= 0.6 is 0 Å². The van der Waals surface area contributed by atoms with Gasteiger partial charge < -0.3 is 0 Å². The number of benzene rings is 6. The highest BCUT2D eigenvalue weighted by molar-refractivity contribution is 6.24. The molecule has 0 radical (unpaired) electrons. The van der Waals surface area contributed by atoms with Gasteiger partial charge in [-0.15, -0.1) is 0 Å². The summed E-state index contributed by atoms with van der Waals surface area (Å²) in [6, 6.07) is 46.4. The maximum Gasteiger partial charge on any atom is 0.0879 e. The Morgan fingerprint density at radius 3 is 1.58 bits per heavy atom. The van der Waals surface area contributed by atoms with Crippen LogP contribution in [0.3, 0.4) is 0 Å². The van der Waals surface area contributed by atoms with Crippen LogP contribution in [-0.2, 0) is 0 Å². The van der Waals surface area contributed by atoms with E-state index in [2.05, 4.69) is 127 Å². The Labute approximate surface area is 192 Å². The summed E-state index contributed by atoms with van der Waals surface area (Å²) in [5, 5.41) is 10.5. The number of hydrogen-bond donors (Lipinski definition) is 0. The van der Waals surface area contributed by atoms with Crippen LogP contribution in [0.2, 0.25) is 0 Å². The molecule has 0 heteroatoms. The highest BCUT2D eigenvalue weighted by Gasteiger charge is 2.16. The van der Waals surface area contributed by atoms with Gasteiger partial charge in [-0.05, 0) is 98.5 Å². The van der Waals surface area contributed by atoms with E-state index in [9.17, 15) is 0 Å². The maximum absolute atomic E-state index is 2.37. The third kappa shape index (κ3) is 2.81. The molecule has 0 bridgehead atoms. The van der Waals surface area contributed by atoms with E-state index in [0.717, 1.165) is 0 Å². The van der Waals surface area contributed by atoms with Gasteiger partial charge in [0.25, 0.3) is 0 Å². The molecule has 0 aromatic heterocycles. The van der Waals surface area contributed by atoms with Gasteiger partial charge in [0.2, 0.25) is 0 Å². The Bertz CT molecular complexity index is 1730. The van der Waals surface area contributed by atoms with E-state index in [0.29, 0.717) is 0 Å². The largest absolute Gasteiger partial charge is 0.0879 e. The van der Waals surface area contributed by atoms with Crippen LogP contribution in [0, 0.1) is 0 Å². The molecule has 7 aromatic rings. The lowest BCUT2D eigenvalue weighted by Gasteiger charge is -2.14. The minimum absolute atomic E-state index is 1.23. The first kappa shape index (κ1) is 18.3. The van der Waals surface area contributed by atoms with Crippen molar-refractivity contribution in [3.63, 3.8) is 0 Å².